The van der Waals surface area contributed by atoms with E-state index in [9.17, 15) is 13.2 Å². The Morgan fingerprint density at radius 2 is 1.43 bits per heavy atom. The summed E-state index contributed by atoms with van der Waals surface area (Å²) in [5.74, 6) is -2.68. The fourth-order valence-corrected chi connectivity index (χ4v) is 1.96. The Kier molecular flexibility index (Phi) is 4.30. The van der Waals surface area contributed by atoms with E-state index in [0.29, 0.717) is 17.2 Å². The highest BCUT2D eigenvalue weighted by atomic mass is 19.2. The molecule has 0 spiro atoms. The summed E-state index contributed by atoms with van der Waals surface area (Å²) >= 11 is 0. The Labute approximate surface area is 120 Å². The third-order valence-corrected chi connectivity index (χ3v) is 2.91. The van der Waals surface area contributed by atoms with Crippen LogP contribution in [-0.4, -0.2) is 31.1 Å². The van der Waals surface area contributed by atoms with Gasteiger partial charge in [0.05, 0.1) is 0 Å². The molecule has 0 fully saturated rings. The third-order valence-electron chi connectivity index (χ3n) is 2.91. The largest absolute Gasteiger partial charge is 0.360 e. The minimum absolute atomic E-state index is 0.174. The molecule has 0 amide bonds. The van der Waals surface area contributed by atoms with E-state index < -0.39 is 17.5 Å². The average molecular weight is 296 g/mol. The standard InChI is InChI=1S/C14H15F3N4/c1-20(2)13-14(19-5-4-18-13)21(3)8-9-6-10(15)12(17)11(16)7-9/h4-7H,8H2,1-3H3. The molecular formula is C14H15F3N4. The van der Waals surface area contributed by atoms with Gasteiger partial charge in [-0.15, -0.1) is 0 Å². The summed E-state index contributed by atoms with van der Waals surface area (Å²) in [6, 6.07) is 1.95. The molecule has 2 aromatic rings. The number of rotatable bonds is 4. The van der Waals surface area contributed by atoms with Gasteiger partial charge >= 0.3 is 0 Å². The lowest BCUT2D eigenvalue weighted by Gasteiger charge is -2.23. The zero-order valence-corrected chi connectivity index (χ0v) is 11.9. The SMILES string of the molecule is CN(C)c1nccnc1N(C)Cc1cc(F)c(F)c(F)c1. The fourth-order valence-electron chi connectivity index (χ4n) is 1.96. The van der Waals surface area contributed by atoms with Gasteiger partial charge in [-0.3, -0.25) is 0 Å². The van der Waals surface area contributed by atoms with Crippen LogP contribution in [0.1, 0.15) is 5.56 Å². The number of anilines is 2. The molecule has 1 aromatic heterocycles. The molecule has 4 nitrogen and oxygen atoms in total. The van der Waals surface area contributed by atoms with Crippen molar-refractivity contribution in [2.45, 2.75) is 6.54 Å². The number of benzene rings is 1. The third kappa shape index (κ3) is 3.24. The normalized spacial score (nSPS) is 10.6. The van der Waals surface area contributed by atoms with Crippen molar-refractivity contribution >= 4 is 11.6 Å². The fraction of sp³-hybridized carbons (Fsp3) is 0.286. The molecule has 0 atom stereocenters. The molecule has 0 saturated heterocycles. The van der Waals surface area contributed by atoms with Crippen molar-refractivity contribution in [1.29, 1.82) is 0 Å². The first kappa shape index (κ1) is 15.1. The van der Waals surface area contributed by atoms with Crippen LogP contribution in [0.15, 0.2) is 24.5 Å². The lowest BCUT2D eigenvalue weighted by atomic mass is 10.2. The van der Waals surface area contributed by atoms with Gasteiger partial charge in [-0.2, -0.15) is 0 Å². The van der Waals surface area contributed by atoms with Crippen LogP contribution in [0, 0.1) is 17.5 Å². The summed E-state index contributed by atoms with van der Waals surface area (Å²) in [5.41, 5.74) is 0.309. The van der Waals surface area contributed by atoms with Gasteiger partial charge in [-0.1, -0.05) is 0 Å². The Bertz CT molecular complexity index is 623. The van der Waals surface area contributed by atoms with Crippen molar-refractivity contribution in [1.82, 2.24) is 9.97 Å². The van der Waals surface area contributed by atoms with Gasteiger partial charge in [-0.25, -0.2) is 23.1 Å². The van der Waals surface area contributed by atoms with Crippen LogP contribution in [0.5, 0.6) is 0 Å². The Morgan fingerprint density at radius 3 is 1.95 bits per heavy atom. The van der Waals surface area contributed by atoms with E-state index in [1.54, 1.807) is 23.0 Å². The van der Waals surface area contributed by atoms with Crippen LogP contribution in [0.4, 0.5) is 24.8 Å². The molecule has 21 heavy (non-hydrogen) atoms. The van der Waals surface area contributed by atoms with E-state index in [4.69, 9.17) is 0 Å². The molecule has 0 aliphatic carbocycles. The van der Waals surface area contributed by atoms with Crippen molar-refractivity contribution in [3.63, 3.8) is 0 Å². The molecular weight excluding hydrogens is 281 g/mol. The van der Waals surface area contributed by atoms with Gasteiger partial charge in [0.1, 0.15) is 0 Å². The molecule has 2 rings (SSSR count). The lowest BCUT2D eigenvalue weighted by Crippen LogP contribution is -2.23. The summed E-state index contributed by atoms with van der Waals surface area (Å²) < 4.78 is 39.4. The summed E-state index contributed by atoms with van der Waals surface area (Å²) in [6.45, 7) is 0.174. The summed E-state index contributed by atoms with van der Waals surface area (Å²) in [7, 11) is 5.35. The maximum Gasteiger partial charge on any atom is 0.194 e. The first-order chi connectivity index (χ1) is 9.90. The molecule has 0 unspecified atom stereocenters. The predicted molar refractivity (Wildman–Crippen MR) is 74.8 cm³/mol. The van der Waals surface area contributed by atoms with Crippen LogP contribution in [0.25, 0.3) is 0 Å². The molecule has 0 saturated carbocycles. The van der Waals surface area contributed by atoms with Crippen LogP contribution in [-0.2, 0) is 6.54 Å². The van der Waals surface area contributed by atoms with Gasteiger partial charge < -0.3 is 9.80 Å². The summed E-state index contributed by atoms with van der Waals surface area (Å²) in [5, 5.41) is 0. The van der Waals surface area contributed by atoms with Gasteiger partial charge in [-0.05, 0) is 17.7 Å². The maximum absolute atomic E-state index is 13.2. The molecule has 0 radical (unpaired) electrons. The quantitative estimate of drug-likeness (QED) is 0.812. The van der Waals surface area contributed by atoms with E-state index in [-0.39, 0.29) is 6.54 Å². The highest BCUT2D eigenvalue weighted by Gasteiger charge is 2.15. The average Bonchev–Trinajstić information content (AvgIpc) is 2.44. The van der Waals surface area contributed by atoms with E-state index in [2.05, 4.69) is 9.97 Å². The lowest BCUT2D eigenvalue weighted by molar-refractivity contribution is 0.445. The molecule has 1 aromatic carbocycles. The van der Waals surface area contributed by atoms with Crippen LogP contribution in [0.2, 0.25) is 0 Å². The van der Waals surface area contributed by atoms with Gasteiger partial charge in [0.15, 0.2) is 29.1 Å². The zero-order valence-electron chi connectivity index (χ0n) is 11.9. The second-order valence-corrected chi connectivity index (χ2v) is 4.83. The maximum atomic E-state index is 13.2. The number of hydrogen-bond donors (Lipinski definition) is 0. The van der Waals surface area contributed by atoms with E-state index in [1.165, 1.54) is 6.20 Å². The monoisotopic (exact) mass is 296 g/mol. The predicted octanol–water partition coefficient (Wildman–Crippen LogP) is 2.60. The first-order valence-corrected chi connectivity index (χ1v) is 6.23. The highest BCUT2D eigenvalue weighted by Crippen LogP contribution is 2.23. The van der Waals surface area contributed by atoms with Crippen LogP contribution in [0.3, 0.4) is 0 Å². The Morgan fingerprint density at radius 1 is 0.905 bits per heavy atom. The first-order valence-electron chi connectivity index (χ1n) is 6.23. The number of nitrogens with zero attached hydrogens (tertiary/aromatic N) is 4. The van der Waals surface area contributed by atoms with E-state index in [0.717, 1.165) is 12.1 Å². The molecule has 112 valence electrons. The van der Waals surface area contributed by atoms with Crippen LogP contribution < -0.4 is 9.80 Å². The van der Waals surface area contributed by atoms with Crippen molar-refractivity contribution in [2.75, 3.05) is 30.9 Å². The van der Waals surface area contributed by atoms with Crippen molar-refractivity contribution < 1.29 is 13.2 Å². The Hall–Kier alpha value is -2.31. The van der Waals surface area contributed by atoms with Gasteiger partial charge in [0.25, 0.3) is 0 Å². The molecule has 0 aliphatic rings. The van der Waals surface area contributed by atoms with Gasteiger partial charge in [0, 0.05) is 40.1 Å². The van der Waals surface area contributed by atoms with Crippen molar-refractivity contribution in [2.24, 2.45) is 0 Å². The van der Waals surface area contributed by atoms with Gasteiger partial charge in [0.2, 0.25) is 0 Å². The number of hydrogen-bond acceptors (Lipinski definition) is 4. The smallest absolute Gasteiger partial charge is 0.194 e. The van der Waals surface area contributed by atoms with E-state index >= 15 is 0 Å². The Balaban J connectivity index is 2.28. The topological polar surface area (TPSA) is 32.3 Å². The minimum atomic E-state index is -1.46. The molecule has 1 heterocycles. The van der Waals surface area contributed by atoms with Crippen molar-refractivity contribution in [3.8, 4) is 0 Å². The number of halogens is 3. The summed E-state index contributed by atoms with van der Waals surface area (Å²) in [6.07, 6.45) is 3.09. The molecule has 0 bridgehead atoms. The second kappa shape index (κ2) is 5.99. The minimum Gasteiger partial charge on any atom is -0.360 e. The van der Waals surface area contributed by atoms with Crippen molar-refractivity contribution in [3.05, 3.63) is 47.5 Å². The second-order valence-electron chi connectivity index (χ2n) is 4.83. The number of aromatic nitrogens is 2. The highest BCUT2D eigenvalue weighted by molar-refractivity contribution is 5.61. The molecule has 0 N–H and O–H groups in total. The van der Waals surface area contributed by atoms with E-state index in [1.807, 2.05) is 14.1 Å². The molecule has 0 aliphatic heterocycles. The summed E-state index contributed by atoms with van der Waals surface area (Å²) in [4.78, 5) is 11.9. The molecule has 7 heteroatoms. The van der Waals surface area contributed by atoms with Crippen LogP contribution >= 0.6 is 0 Å². The zero-order chi connectivity index (χ0) is 15.6.